The fourth-order valence-electron chi connectivity index (χ4n) is 3.48. The SMILES string of the molecule is COc1ccc(C2c3c(n[nH]c3C)C(=O)N2c2ccccc2OC)cc1. The number of carbonyl (C=O) groups excluding carboxylic acids is 1. The van der Waals surface area contributed by atoms with Gasteiger partial charge in [0.2, 0.25) is 0 Å². The molecule has 1 aromatic heterocycles. The highest BCUT2D eigenvalue weighted by atomic mass is 16.5. The average molecular weight is 349 g/mol. The van der Waals surface area contributed by atoms with E-state index >= 15 is 0 Å². The number of aryl methyl sites for hydroxylation is 1. The molecule has 0 spiro atoms. The Morgan fingerprint density at radius 3 is 2.46 bits per heavy atom. The molecule has 0 fully saturated rings. The van der Waals surface area contributed by atoms with Crippen LogP contribution in [-0.4, -0.2) is 30.3 Å². The van der Waals surface area contributed by atoms with E-state index in [0.717, 1.165) is 28.3 Å². The van der Waals surface area contributed by atoms with E-state index in [0.29, 0.717) is 11.4 Å². The van der Waals surface area contributed by atoms with Crippen LogP contribution in [0.3, 0.4) is 0 Å². The molecule has 1 N–H and O–H groups in total. The molecular formula is C20H19N3O3. The van der Waals surface area contributed by atoms with Crippen molar-refractivity contribution in [3.05, 3.63) is 71.0 Å². The summed E-state index contributed by atoms with van der Waals surface area (Å²) >= 11 is 0. The number of amides is 1. The third-order valence-electron chi connectivity index (χ3n) is 4.72. The highest BCUT2D eigenvalue weighted by Gasteiger charge is 2.43. The number of carbonyl (C=O) groups is 1. The third-order valence-corrected chi connectivity index (χ3v) is 4.72. The quantitative estimate of drug-likeness (QED) is 0.783. The topological polar surface area (TPSA) is 67.5 Å². The first-order valence-electron chi connectivity index (χ1n) is 8.31. The molecule has 1 amide bonds. The van der Waals surface area contributed by atoms with Gasteiger partial charge < -0.3 is 9.47 Å². The first-order chi connectivity index (χ1) is 12.7. The number of benzene rings is 2. The average Bonchev–Trinajstić information content (AvgIpc) is 3.20. The van der Waals surface area contributed by atoms with E-state index in [9.17, 15) is 4.79 Å². The molecule has 0 radical (unpaired) electrons. The number of hydrogen-bond acceptors (Lipinski definition) is 4. The molecular weight excluding hydrogens is 330 g/mol. The van der Waals surface area contributed by atoms with Crippen LogP contribution in [-0.2, 0) is 0 Å². The number of aromatic nitrogens is 2. The van der Waals surface area contributed by atoms with Gasteiger partial charge in [-0.3, -0.25) is 14.8 Å². The van der Waals surface area contributed by atoms with Crippen LogP contribution in [0.2, 0.25) is 0 Å². The van der Waals surface area contributed by atoms with Crippen LogP contribution < -0.4 is 14.4 Å². The second-order valence-corrected chi connectivity index (χ2v) is 6.13. The Labute approximate surface area is 151 Å². The van der Waals surface area contributed by atoms with Crippen molar-refractivity contribution < 1.29 is 14.3 Å². The molecule has 4 rings (SSSR count). The van der Waals surface area contributed by atoms with Crippen LogP contribution in [0.4, 0.5) is 5.69 Å². The summed E-state index contributed by atoms with van der Waals surface area (Å²) < 4.78 is 10.8. The maximum absolute atomic E-state index is 13.1. The lowest BCUT2D eigenvalue weighted by Gasteiger charge is -2.27. The summed E-state index contributed by atoms with van der Waals surface area (Å²) in [6, 6.07) is 15.0. The van der Waals surface area contributed by atoms with E-state index < -0.39 is 0 Å². The van der Waals surface area contributed by atoms with E-state index in [-0.39, 0.29) is 11.9 Å². The molecule has 0 aliphatic carbocycles. The molecule has 132 valence electrons. The van der Waals surface area contributed by atoms with Crippen molar-refractivity contribution in [1.29, 1.82) is 0 Å². The molecule has 6 heteroatoms. The fourth-order valence-corrected chi connectivity index (χ4v) is 3.48. The Morgan fingerprint density at radius 1 is 1.04 bits per heavy atom. The van der Waals surface area contributed by atoms with E-state index in [4.69, 9.17) is 9.47 Å². The number of H-pyrrole nitrogens is 1. The van der Waals surface area contributed by atoms with Crippen molar-refractivity contribution in [1.82, 2.24) is 10.2 Å². The van der Waals surface area contributed by atoms with Crippen LogP contribution in [0, 0.1) is 6.92 Å². The van der Waals surface area contributed by atoms with Gasteiger partial charge in [-0.2, -0.15) is 5.10 Å². The molecule has 3 aromatic rings. The fraction of sp³-hybridized carbons (Fsp3) is 0.200. The molecule has 1 atom stereocenters. The molecule has 1 aliphatic rings. The normalized spacial score (nSPS) is 15.9. The van der Waals surface area contributed by atoms with Crippen LogP contribution >= 0.6 is 0 Å². The van der Waals surface area contributed by atoms with Crippen LogP contribution in [0.15, 0.2) is 48.5 Å². The zero-order valence-electron chi connectivity index (χ0n) is 14.8. The van der Waals surface area contributed by atoms with Gasteiger partial charge in [0.05, 0.1) is 25.9 Å². The minimum Gasteiger partial charge on any atom is -0.497 e. The molecule has 2 aromatic carbocycles. The largest absolute Gasteiger partial charge is 0.497 e. The second kappa shape index (κ2) is 6.22. The van der Waals surface area contributed by atoms with Gasteiger partial charge in [0.25, 0.3) is 5.91 Å². The predicted molar refractivity (Wildman–Crippen MR) is 98.0 cm³/mol. The van der Waals surface area contributed by atoms with Gasteiger partial charge in [0, 0.05) is 11.3 Å². The minimum absolute atomic E-state index is 0.144. The Morgan fingerprint density at radius 2 is 1.77 bits per heavy atom. The summed E-state index contributed by atoms with van der Waals surface area (Å²) in [5, 5.41) is 7.18. The van der Waals surface area contributed by atoms with Gasteiger partial charge in [0.1, 0.15) is 11.5 Å². The third kappa shape index (κ3) is 2.34. The van der Waals surface area contributed by atoms with Crippen molar-refractivity contribution in [2.45, 2.75) is 13.0 Å². The molecule has 0 saturated carbocycles. The lowest BCUT2D eigenvalue weighted by molar-refractivity contribution is 0.0988. The van der Waals surface area contributed by atoms with E-state index in [1.165, 1.54) is 0 Å². The number of rotatable bonds is 4. The Kier molecular flexibility index (Phi) is 3.88. The van der Waals surface area contributed by atoms with Gasteiger partial charge >= 0.3 is 0 Å². The van der Waals surface area contributed by atoms with E-state index in [1.807, 2.05) is 55.5 Å². The summed E-state index contributed by atoms with van der Waals surface area (Å²) in [7, 11) is 3.24. The summed E-state index contributed by atoms with van der Waals surface area (Å²) in [4.78, 5) is 14.9. The highest BCUT2D eigenvalue weighted by molar-refractivity contribution is 6.11. The summed E-state index contributed by atoms with van der Waals surface area (Å²) in [5.74, 6) is 1.27. The summed E-state index contributed by atoms with van der Waals surface area (Å²) in [6.07, 6.45) is 0. The lowest BCUT2D eigenvalue weighted by atomic mass is 9.98. The second-order valence-electron chi connectivity index (χ2n) is 6.13. The number of nitrogens with one attached hydrogen (secondary N) is 1. The zero-order chi connectivity index (χ0) is 18.3. The number of methoxy groups -OCH3 is 2. The Bertz CT molecular complexity index is 963. The van der Waals surface area contributed by atoms with Gasteiger partial charge in [-0.25, -0.2) is 0 Å². The lowest BCUT2D eigenvalue weighted by Crippen LogP contribution is -2.29. The Hall–Kier alpha value is -3.28. The molecule has 6 nitrogen and oxygen atoms in total. The smallest absolute Gasteiger partial charge is 0.280 e. The molecule has 1 unspecified atom stereocenters. The predicted octanol–water partition coefficient (Wildman–Crippen LogP) is 3.49. The molecule has 2 heterocycles. The molecule has 26 heavy (non-hydrogen) atoms. The Balaban J connectivity index is 1.90. The van der Waals surface area contributed by atoms with Crippen molar-refractivity contribution >= 4 is 11.6 Å². The number of para-hydroxylation sites is 2. The first-order valence-corrected chi connectivity index (χ1v) is 8.31. The van der Waals surface area contributed by atoms with E-state index in [1.54, 1.807) is 19.1 Å². The number of aromatic amines is 1. The van der Waals surface area contributed by atoms with Gasteiger partial charge in [0.15, 0.2) is 5.69 Å². The maximum Gasteiger partial charge on any atom is 0.280 e. The van der Waals surface area contributed by atoms with Gasteiger partial charge in [-0.15, -0.1) is 0 Å². The monoisotopic (exact) mass is 349 g/mol. The first kappa shape index (κ1) is 16.2. The minimum atomic E-state index is -0.279. The standard InChI is InChI=1S/C20H19N3O3/c1-12-17-18(22-21-12)20(24)23(15-6-4-5-7-16(15)26-3)19(17)13-8-10-14(25-2)11-9-13/h4-11,19H,1-3H3,(H,21,22). The van der Waals surface area contributed by atoms with E-state index in [2.05, 4.69) is 10.2 Å². The molecule has 1 aliphatic heterocycles. The maximum atomic E-state index is 13.1. The number of fused-ring (bicyclic) bond motifs is 1. The van der Waals surface area contributed by atoms with Crippen LogP contribution in [0.25, 0.3) is 0 Å². The zero-order valence-corrected chi connectivity index (χ0v) is 14.8. The van der Waals surface area contributed by atoms with Crippen molar-refractivity contribution in [3.63, 3.8) is 0 Å². The van der Waals surface area contributed by atoms with Crippen molar-refractivity contribution in [2.24, 2.45) is 0 Å². The molecule has 0 saturated heterocycles. The summed E-state index contributed by atoms with van der Waals surface area (Å²) in [5.41, 5.74) is 3.93. The van der Waals surface area contributed by atoms with Crippen molar-refractivity contribution in [3.8, 4) is 11.5 Å². The van der Waals surface area contributed by atoms with Crippen LogP contribution in [0.5, 0.6) is 11.5 Å². The number of nitrogens with zero attached hydrogens (tertiary/aromatic N) is 2. The number of ether oxygens (including phenoxy) is 2. The summed E-state index contributed by atoms with van der Waals surface area (Å²) in [6.45, 7) is 1.93. The molecule has 0 bridgehead atoms. The number of anilines is 1. The number of hydrogen-bond donors (Lipinski definition) is 1. The van der Waals surface area contributed by atoms with Crippen molar-refractivity contribution in [2.75, 3.05) is 19.1 Å². The highest BCUT2D eigenvalue weighted by Crippen LogP contribution is 2.45. The van der Waals surface area contributed by atoms with Crippen LogP contribution in [0.1, 0.15) is 33.4 Å². The van der Waals surface area contributed by atoms with Gasteiger partial charge in [-0.1, -0.05) is 24.3 Å². The van der Waals surface area contributed by atoms with Gasteiger partial charge in [-0.05, 0) is 36.8 Å².